The van der Waals surface area contributed by atoms with Crippen molar-refractivity contribution < 1.29 is 4.79 Å². The second-order valence-corrected chi connectivity index (χ2v) is 3.34. The fourth-order valence-electron chi connectivity index (χ4n) is 0.966. The molecule has 0 bridgehead atoms. The Hall–Kier alpha value is -1.27. The predicted molar refractivity (Wildman–Crippen MR) is 59.8 cm³/mol. The summed E-state index contributed by atoms with van der Waals surface area (Å²) in [4.78, 5) is 10.4. The van der Waals surface area contributed by atoms with E-state index in [2.05, 4.69) is 27.8 Å². The van der Waals surface area contributed by atoms with Gasteiger partial charge in [0.15, 0.2) is 0 Å². The Morgan fingerprint density at radius 1 is 1.50 bits per heavy atom. The van der Waals surface area contributed by atoms with E-state index in [4.69, 9.17) is 5.73 Å². The zero-order chi connectivity index (χ0) is 10.4. The summed E-state index contributed by atoms with van der Waals surface area (Å²) in [6.07, 6.45) is 0.110. The number of alkyl halides is 1. The quantitative estimate of drug-likeness (QED) is 0.633. The molecule has 72 valence electrons. The van der Waals surface area contributed by atoms with E-state index >= 15 is 0 Å². The van der Waals surface area contributed by atoms with Crippen LogP contribution >= 0.6 is 15.9 Å². The minimum absolute atomic E-state index is 0.110. The molecular formula is C11H10BrNO. The molecule has 2 N–H and O–H groups in total. The van der Waals surface area contributed by atoms with E-state index in [1.54, 1.807) is 0 Å². The van der Waals surface area contributed by atoms with Gasteiger partial charge in [-0.25, -0.2) is 0 Å². The third kappa shape index (κ3) is 3.63. The number of primary amides is 1. The lowest BCUT2D eigenvalue weighted by molar-refractivity contribution is -0.117. The number of halogens is 1. The van der Waals surface area contributed by atoms with E-state index in [-0.39, 0.29) is 6.42 Å². The Morgan fingerprint density at radius 2 is 2.29 bits per heavy atom. The summed E-state index contributed by atoms with van der Waals surface area (Å²) in [5.41, 5.74) is 7.03. The number of hydrogen-bond donors (Lipinski definition) is 1. The van der Waals surface area contributed by atoms with Gasteiger partial charge < -0.3 is 5.73 Å². The molecule has 3 heteroatoms. The molecule has 0 atom stereocenters. The third-order valence-corrected chi connectivity index (χ3v) is 2.22. The Morgan fingerprint density at radius 3 is 2.93 bits per heavy atom. The highest BCUT2D eigenvalue weighted by atomic mass is 79.9. The van der Waals surface area contributed by atoms with Crippen molar-refractivity contribution in [3.63, 3.8) is 0 Å². The molecular weight excluding hydrogens is 242 g/mol. The van der Waals surface area contributed by atoms with Crippen molar-refractivity contribution in [1.82, 2.24) is 0 Å². The summed E-state index contributed by atoms with van der Waals surface area (Å²) in [6.45, 7) is 0. The molecule has 1 rings (SSSR count). The Bertz CT molecular complexity index is 390. The van der Waals surface area contributed by atoms with Crippen LogP contribution < -0.4 is 5.73 Å². The van der Waals surface area contributed by atoms with Crippen LogP contribution in [0.3, 0.4) is 0 Å². The van der Waals surface area contributed by atoms with Crippen molar-refractivity contribution in [3.8, 4) is 11.8 Å². The first-order valence-electron chi connectivity index (χ1n) is 4.14. The highest BCUT2D eigenvalue weighted by Crippen LogP contribution is 2.07. The summed E-state index contributed by atoms with van der Waals surface area (Å²) in [7, 11) is 0. The van der Waals surface area contributed by atoms with E-state index in [1.807, 2.05) is 24.3 Å². The van der Waals surface area contributed by atoms with Crippen LogP contribution in [0.25, 0.3) is 0 Å². The summed E-state index contributed by atoms with van der Waals surface area (Å²) < 4.78 is 0. The SMILES string of the molecule is NC(=O)CC#Cc1cccc(CBr)c1. The van der Waals surface area contributed by atoms with E-state index < -0.39 is 5.91 Å². The van der Waals surface area contributed by atoms with Gasteiger partial charge in [0.1, 0.15) is 0 Å². The standard InChI is InChI=1S/C11H10BrNO/c12-8-10-5-1-3-9(7-10)4-2-6-11(13)14/h1,3,5,7H,6,8H2,(H2,13,14). The monoisotopic (exact) mass is 251 g/mol. The first-order valence-corrected chi connectivity index (χ1v) is 5.26. The number of amides is 1. The van der Waals surface area contributed by atoms with Crippen LogP contribution in [0, 0.1) is 11.8 Å². The first kappa shape index (κ1) is 10.8. The van der Waals surface area contributed by atoms with Crippen molar-refractivity contribution in [3.05, 3.63) is 35.4 Å². The second kappa shape index (κ2) is 5.46. The Kier molecular flexibility index (Phi) is 4.21. The van der Waals surface area contributed by atoms with Gasteiger partial charge in [-0.05, 0) is 17.7 Å². The summed E-state index contributed by atoms with van der Waals surface area (Å²) >= 11 is 3.36. The van der Waals surface area contributed by atoms with Gasteiger partial charge in [0.25, 0.3) is 0 Å². The number of carbonyl (C=O) groups excluding carboxylic acids is 1. The third-order valence-electron chi connectivity index (χ3n) is 1.58. The molecule has 0 radical (unpaired) electrons. The Labute approximate surface area is 91.6 Å². The molecule has 0 aromatic heterocycles. The normalized spacial score (nSPS) is 8.93. The van der Waals surface area contributed by atoms with Crippen molar-refractivity contribution in [1.29, 1.82) is 0 Å². The molecule has 1 aromatic carbocycles. The van der Waals surface area contributed by atoms with Crippen LogP contribution in [0.5, 0.6) is 0 Å². The van der Waals surface area contributed by atoms with E-state index in [1.165, 1.54) is 0 Å². The van der Waals surface area contributed by atoms with Crippen molar-refractivity contribution in [2.24, 2.45) is 5.73 Å². The summed E-state index contributed by atoms with van der Waals surface area (Å²) in [5, 5.41) is 0.804. The molecule has 1 aromatic rings. The molecule has 0 heterocycles. The molecule has 0 fully saturated rings. The van der Waals surface area contributed by atoms with Gasteiger partial charge in [-0.2, -0.15) is 0 Å². The number of carbonyl (C=O) groups is 1. The second-order valence-electron chi connectivity index (χ2n) is 2.78. The maximum atomic E-state index is 10.4. The molecule has 2 nitrogen and oxygen atoms in total. The van der Waals surface area contributed by atoms with Crippen LogP contribution in [0.2, 0.25) is 0 Å². The van der Waals surface area contributed by atoms with E-state index in [9.17, 15) is 4.79 Å². The highest BCUT2D eigenvalue weighted by Gasteiger charge is 1.91. The average molecular weight is 252 g/mol. The number of benzene rings is 1. The molecule has 0 saturated carbocycles. The van der Waals surface area contributed by atoms with Crippen LogP contribution in [-0.2, 0) is 10.1 Å². The van der Waals surface area contributed by atoms with Gasteiger partial charge in [0.2, 0.25) is 5.91 Å². The molecule has 14 heavy (non-hydrogen) atoms. The minimum Gasteiger partial charge on any atom is -0.369 e. The smallest absolute Gasteiger partial charge is 0.229 e. The maximum Gasteiger partial charge on any atom is 0.229 e. The summed E-state index contributed by atoms with van der Waals surface area (Å²) in [6, 6.07) is 7.82. The van der Waals surface area contributed by atoms with Gasteiger partial charge in [0, 0.05) is 10.9 Å². The topological polar surface area (TPSA) is 43.1 Å². The predicted octanol–water partition coefficient (Wildman–Crippen LogP) is 1.81. The summed E-state index contributed by atoms with van der Waals surface area (Å²) in [5.74, 6) is 5.20. The largest absolute Gasteiger partial charge is 0.369 e. The van der Waals surface area contributed by atoms with Crippen LogP contribution in [0.4, 0.5) is 0 Å². The van der Waals surface area contributed by atoms with Crippen LogP contribution in [-0.4, -0.2) is 5.91 Å². The lowest BCUT2D eigenvalue weighted by atomic mass is 10.1. The molecule has 0 spiro atoms. The Balaban J connectivity index is 2.74. The van der Waals surface area contributed by atoms with Crippen molar-refractivity contribution >= 4 is 21.8 Å². The van der Waals surface area contributed by atoms with Gasteiger partial charge >= 0.3 is 0 Å². The van der Waals surface area contributed by atoms with Gasteiger partial charge in [0.05, 0.1) is 6.42 Å². The van der Waals surface area contributed by atoms with Crippen LogP contribution in [0.1, 0.15) is 17.5 Å². The lowest BCUT2D eigenvalue weighted by Crippen LogP contribution is -2.08. The van der Waals surface area contributed by atoms with Gasteiger partial charge in [-0.15, -0.1) is 0 Å². The zero-order valence-electron chi connectivity index (χ0n) is 7.59. The molecule has 0 aliphatic carbocycles. The van der Waals surface area contributed by atoms with Crippen molar-refractivity contribution in [2.45, 2.75) is 11.8 Å². The average Bonchev–Trinajstić information content (AvgIpc) is 2.18. The van der Waals surface area contributed by atoms with E-state index in [0.717, 1.165) is 16.5 Å². The zero-order valence-corrected chi connectivity index (χ0v) is 9.17. The molecule has 0 unspecified atom stereocenters. The minimum atomic E-state index is -0.394. The molecule has 0 saturated heterocycles. The molecule has 0 aliphatic heterocycles. The van der Waals surface area contributed by atoms with E-state index in [0.29, 0.717) is 0 Å². The number of hydrogen-bond acceptors (Lipinski definition) is 1. The molecule has 1 amide bonds. The number of nitrogens with two attached hydrogens (primary N) is 1. The fourth-order valence-corrected chi connectivity index (χ4v) is 1.31. The van der Waals surface area contributed by atoms with Crippen LogP contribution in [0.15, 0.2) is 24.3 Å². The van der Waals surface area contributed by atoms with Gasteiger partial charge in [-0.3, -0.25) is 4.79 Å². The fraction of sp³-hybridized carbons (Fsp3) is 0.182. The first-order chi connectivity index (χ1) is 6.72. The van der Waals surface area contributed by atoms with Gasteiger partial charge in [-0.1, -0.05) is 39.9 Å². The molecule has 0 aliphatic rings. The number of rotatable bonds is 2. The highest BCUT2D eigenvalue weighted by molar-refractivity contribution is 9.08. The lowest BCUT2D eigenvalue weighted by Gasteiger charge is -1.94. The van der Waals surface area contributed by atoms with Crippen molar-refractivity contribution in [2.75, 3.05) is 0 Å². The maximum absolute atomic E-state index is 10.4.